The normalized spacial score (nSPS) is 11.4. The quantitative estimate of drug-likeness (QED) is 0.680. The first-order valence-corrected chi connectivity index (χ1v) is 5.73. The summed E-state index contributed by atoms with van der Waals surface area (Å²) in [6.07, 6.45) is 1.18. The Bertz CT molecular complexity index is 443. The molecule has 2 N–H and O–H groups in total. The fraction of sp³-hybridized carbons (Fsp3) is 0.500. The Morgan fingerprint density at radius 3 is 2.71 bits per heavy atom. The van der Waals surface area contributed by atoms with Gasteiger partial charge in [-0.1, -0.05) is 0 Å². The van der Waals surface area contributed by atoms with Crippen molar-refractivity contribution in [1.82, 2.24) is 4.98 Å². The molecule has 94 valence electrons. The molecule has 1 rings (SSSR count). The predicted molar refractivity (Wildman–Crippen MR) is 67.1 cm³/mol. The van der Waals surface area contributed by atoms with E-state index >= 15 is 0 Å². The van der Waals surface area contributed by atoms with E-state index < -0.39 is 10.5 Å². The molecule has 17 heavy (non-hydrogen) atoms. The average molecular weight is 304 g/mol. The van der Waals surface area contributed by atoms with E-state index in [2.05, 4.69) is 20.9 Å². The van der Waals surface area contributed by atoms with E-state index in [0.29, 0.717) is 15.9 Å². The Kier molecular flexibility index (Phi) is 4.05. The zero-order valence-electron chi connectivity index (χ0n) is 9.86. The number of ether oxygens (including phenoxy) is 1. The molecule has 0 aromatic carbocycles. The summed E-state index contributed by atoms with van der Waals surface area (Å²) in [5.41, 5.74) is 5.72. The van der Waals surface area contributed by atoms with Gasteiger partial charge in [-0.15, -0.1) is 0 Å². The van der Waals surface area contributed by atoms with Gasteiger partial charge in [-0.3, -0.25) is 10.1 Å². The molecule has 6 nitrogen and oxygen atoms in total. The predicted octanol–water partition coefficient (Wildman–Crippen LogP) is 2.18. The highest BCUT2D eigenvalue weighted by Gasteiger charge is 2.19. The molecule has 0 aliphatic heterocycles. The molecule has 1 aromatic heterocycles. The third kappa shape index (κ3) is 3.64. The lowest BCUT2D eigenvalue weighted by Crippen LogP contribution is -2.38. The minimum atomic E-state index is -0.489. The summed E-state index contributed by atoms with van der Waals surface area (Å²) >= 11 is 3.23. The van der Waals surface area contributed by atoms with Crippen molar-refractivity contribution in [2.24, 2.45) is 5.73 Å². The molecule has 7 heteroatoms. The summed E-state index contributed by atoms with van der Waals surface area (Å²) in [4.78, 5) is 14.1. The van der Waals surface area contributed by atoms with Gasteiger partial charge in [0.2, 0.25) is 5.88 Å². The van der Waals surface area contributed by atoms with Gasteiger partial charge in [0.15, 0.2) is 0 Å². The smallest absolute Gasteiger partial charge is 0.291 e. The van der Waals surface area contributed by atoms with Crippen LogP contribution in [0.25, 0.3) is 0 Å². The Morgan fingerprint density at radius 2 is 2.24 bits per heavy atom. The van der Waals surface area contributed by atoms with Gasteiger partial charge in [-0.2, -0.15) is 0 Å². The van der Waals surface area contributed by atoms with Crippen LogP contribution in [0.2, 0.25) is 0 Å². The number of hydrogen-bond donors (Lipinski definition) is 1. The van der Waals surface area contributed by atoms with Crippen LogP contribution in [0.5, 0.6) is 5.88 Å². The first kappa shape index (κ1) is 13.9. The molecule has 0 unspecified atom stereocenters. The lowest BCUT2D eigenvalue weighted by Gasteiger charge is -2.19. The van der Waals surface area contributed by atoms with Gasteiger partial charge < -0.3 is 10.5 Å². The van der Waals surface area contributed by atoms with E-state index in [1.807, 2.05) is 13.8 Å². The molecule has 0 spiro atoms. The maximum absolute atomic E-state index is 10.7. The van der Waals surface area contributed by atoms with Crippen molar-refractivity contribution in [1.29, 1.82) is 0 Å². The molecule has 0 atom stereocenters. The number of hydrogen-bond acceptors (Lipinski definition) is 5. The monoisotopic (exact) mass is 303 g/mol. The zero-order valence-corrected chi connectivity index (χ0v) is 11.4. The third-order valence-electron chi connectivity index (χ3n) is 1.98. The Morgan fingerprint density at radius 1 is 1.65 bits per heavy atom. The van der Waals surface area contributed by atoms with Gasteiger partial charge in [0, 0.05) is 11.1 Å². The van der Waals surface area contributed by atoms with Crippen LogP contribution in [-0.4, -0.2) is 22.1 Å². The second-order valence-electron chi connectivity index (χ2n) is 4.42. The van der Waals surface area contributed by atoms with Gasteiger partial charge in [-0.25, -0.2) is 4.98 Å². The molecule has 0 saturated heterocycles. The third-order valence-corrected chi connectivity index (χ3v) is 2.92. The van der Waals surface area contributed by atoms with Crippen molar-refractivity contribution in [3.05, 3.63) is 26.3 Å². The number of aromatic nitrogens is 1. The van der Waals surface area contributed by atoms with Gasteiger partial charge in [0.1, 0.15) is 12.8 Å². The van der Waals surface area contributed by atoms with Crippen LogP contribution < -0.4 is 10.5 Å². The van der Waals surface area contributed by atoms with Crippen LogP contribution in [-0.2, 0) is 0 Å². The minimum Gasteiger partial charge on any atom is -0.475 e. The highest BCUT2D eigenvalue weighted by Crippen LogP contribution is 2.32. The van der Waals surface area contributed by atoms with Crippen LogP contribution in [0.3, 0.4) is 0 Å². The SMILES string of the molecule is Cc1c([N+](=O)[O-])cnc(OCC(C)(C)N)c1Br. The lowest BCUT2D eigenvalue weighted by atomic mass is 10.1. The van der Waals surface area contributed by atoms with Gasteiger partial charge in [0.05, 0.1) is 9.40 Å². The summed E-state index contributed by atoms with van der Waals surface area (Å²) in [6.45, 7) is 5.54. The van der Waals surface area contributed by atoms with Crippen molar-refractivity contribution < 1.29 is 9.66 Å². The Labute approximate surface area is 107 Å². The summed E-state index contributed by atoms with van der Waals surface area (Å²) < 4.78 is 5.89. The molecule has 0 fully saturated rings. The van der Waals surface area contributed by atoms with Crippen molar-refractivity contribution in [3.63, 3.8) is 0 Å². The highest BCUT2D eigenvalue weighted by molar-refractivity contribution is 9.10. The van der Waals surface area contributed by atoms with E-state index in [9.17, 15) is 10.1 Å². The second-order valence-corrected chi connectivity index (χ2v) is 5.21. The van der Waals surface area contributed by atoms with Crippen LogP contribution in [0.4, 0.5) is 5.69 Å². The van der Waals surface area contributed by atoms with Crippen molar-refractivity contribution in [2.75, 3.05) is 6.61 Å². The minimum absolute atomic E-state index is 0.0452. The van der Waals surface area contributed by atoms with Gasteiger partial charge in [0.25, 0.3) is 5.69 Å². The molecule has 0 saturated carbocycles. The fourth-order valence-corrected chi connectivity index (χ4v) is 1.51. The molecule has 0 radical (unpaired) electrons. The van der Waals surface area contributed by atoms with Gasteiger partial charge >= 0.3 is 0 Å². The first-order valence-electron chi connectivity index (χ1n) is 4.93. The topological polar surface area (TPSA) is 91.3 Å². The number of nitrogens with two attached hydrogens (primary N) is 1. The van der Waals surface area contributed by atoms with E-state index in [1.165, 1.54) is 6.20 Å². The molecule has 0 amide bonds. The van der Waals surface area contributed by atoms with Crippen molar-refractivity contribution in [3.8, 4) is 5.88 Å². The summed E-state index contributed by atoms with van der Waals surface area (Å²) in [5.74, 6) is 0.312. The average Bonchev–Trinajstić information content (AvgIpc) is 2.18. The van der Waals surface area contributed by atoms with Crippen molar-refractivity contribution >= 4 is 21.6 Å². The van der Waals surface area contributed by atoms with E-state index in [1.54, 1.807) is 6.92 Å². The maximum atomic E-state index is 10.7. The standard InChI is InChI=1S/C10H14BrN3O3/c1-6-7(14(15)16)4-13-9(8(6)11)17-5-10(2,3)12/h4H,5,12H2,1-3H3. The summed E-state index contributed by atoms with van der Waals surface area (Å²) in [5, 5.41) is 10.7. The fourth-order valence-electron chi connectivity index (χ4n) is 1.09. The van der Waals surface area contributed by atoms with E-state index in [0.717, 1.165) is 0 Å². The molecule has 0 aliphatic carbocycles. The number of halogens is 1. The summed E-state index contributed by atoms with van der Waals surface area (Å²) in [6, 6.07) is 0. The maximum Gasteiger partial charge on any atom is 0.291 e. The van der Waals surface area contributed by atoms with Crippen LogP contribution >= 0.6 is 15.9 Å². The largest absolute Gasteiger partial charge is 0.475 e. The zero-order chi connectivity index (χ0) is 13.2. The number of rotatable bonds is 4. The molecular formula is C10H14BrN3O3. The van der Waals surface area contributed by atoms with Gasteiger partial charge in [-0.05, 0) is 36.7 Å². The van der Waals surface area contributed by atoms with Crippen molar-refractivity contribution in [2.45, 2.75) is 26.3 Å². The number of nitrogens with zero attached hydrogens (tertiary/aromatic N) is 2. The Balaban J connectivity index is 2.97. The molecule has 1 heterocycles. The van der Waals surface area contributed by atoms with E-state index in [4.69, 9.17) is 10.5 Å². The number of nitro groups is 1. The van der Waals surface area contributed by atoms with E-state index in [-0.39, 0.29) is 12.3 Å². The highest BCUT2D eigenvalue weighted by atomic mass is 79.9. The molecule has 0 aliphatic rings. The van der Waals surface area contributed by atoms with Crippen LogP contribution in [0.15, 0.2) is 10.7 Å². The van der Waals surface area contributed by atoms with Crippen LogP contribution in [0.1, 0.15) is 19.4 Å². The molecule has 0 bridgehead atoms. The second kappa shape index (κ2) is 4.97. The first-order chi connectivity index (χ1) is 7.72. The molecule has 1 aromatic rings. The lowest BCUT2D eigenvalue weighted by molar-refractivity contribution is -0.385. The number of pyridine rings is 1. The Hall–Kier alpha value is -1.21. The van der Waals surface area contributed by atoms with Crippen LogP contribution in [0, 0.1) is 17.0 Å². The molecular weight excluding hydrogens is 290 g/mol. The summed E-state index contributed by atoms with van der Waals surface area (Å²) in [7, 11) is 0.